The number of piperidine rings is 1. The van der Waals surface area contributed by atoms with Crippen LogP contribution in [0.4, 0.5) is 0 Å². The van der Waals surface area contributed by atoms with E-state index in [0.29, 0.717) is 12.6 Å². The monoisotopic (exact) mass is 187 g/mol. The molecule has 4 nitrogen and oxygen atoms in total. The molecule has 0 bridgehead atoms. The van der Waals surface area contributed by atoms with Crippen molar-refractivity contribution >= 4 is 5.97 Å². The summed E-state index contributed by atoms with van der Waals surface area (Å²) in [7, 11) is 1.42. The van der Waals surface area contributed by atoms with E-state index in [-0.39, 0.29) is 18.5 Å². The quantitative estimate of drug-likeness (QED) is 0.606. The average molecular weight is 187 g/mol. The first-order valence-corrected chi connectivity index (χ1v) is 4.70. The van der Waals surface area contributed by atoms with Gasteiger partial charge in [-0.05, 0) is 19.3 Å². The molecular formula is C9H17NO3. The van der Waals surface area contributed by atoms with E-state index in [4.69, 9.17) is 5.11 Å². The molecule has 0 amide bonds. The van der Waals surface area contributed by atoms with Crippen molar-refractivity contribution in [1.82, 2.24) is 5.32 Å². The summed E-state index contributed by atoms with van der Waals surface area (Å²) < 4.78 is 4.66. The van der Waals surface area contributed by atoms with Crippen LogP contribution in [0.15, 0.2) is 0 Å². The van der Waals surface area contributed by atoms with Gasteiger partial charge in [-0.15, -0.1) is 0 Å². The van der Waals surface area contributed by atoms with Crippen molar-refractivity contribution < 1.29 is 14.6 Å². The third-order valence-electron chi connectivity index (χ3n) is 2.53. The van der Waals surface area contributed by atoms with Crippen LogP contribution in [0.5, 0.6) is 0 Å². The number of methoxy groups -OCH3 is 1. The largest absolute Gasteiger partial charge is 0.469 e. The molecule has 1 saturated heterocycles. The fourth-order valence-corrected chi connectivity index (χ4v) is 1.69. The Hall–Kier alpha value is -0.610. The van der Waals surface area contributed by atoms with Crippen LogP contribution in [0.1, 0.15) is 19.3 Å². The van der Waals surface area contributed by atoms with Gasteiger partial charge in [0.1, 0.15) is 0 Å². The van der Waals surface area contributed by atoms with Crippen LogP contribution in [0, 0.1) is 5.92 Å². The second-order valence-corrected chi connectivity index (χ2v) is 3.41. The number of carbonyl (C=O) groups is 1. The first-order valence-electron chi connectivity index (χ1n) is 4.70. The van der Waals surface area contributed by atoms with E-state index in [0.717, 1.165) is 19.3 Å². The molecule has 1 aliphatic rings. The lowest BCUT2D eigenvalue weighted by Gasteiger charge is -2.27. The molecule has 0 unspecified atom stereocenters. The molecule has 2 atom stereocenters. The van der Waals surface area contributed by atoms with Gasteiger partial charge in [0, 0.05) is 19.2 Å². The summed E-state index contributed by atoms with van der Waals surface area (Å²) >= 11 is 0. The maximum Gasteiger partial charge on any atom is 0.309 e. The van der Waals surface area contributed by atoms with Crippen molar-refractivity contribution in [2.75, 3.05) is 20.3 Å². The number of ether oxygens (including phenoxy) is 1. The molecule has 76 valence electrons. The topological polar surface area (TPSA) is 58.6 Å². The number of hydrogen-bond donors (Lipinski definition) is 2. The third kappa shape index (κ3) is 2.97. The highest BCUT2D eigenvalue weighted by Gasteiger charge is 2.25. The van der Waals surface area contributed by atoms with Gasteiger partial charge in [0.05, 0.1) is 13.0 Å². The van der Waals surface area contributed by atoms with Gasteiger partial charge in [-0.1, -0.05) is 0 Å². The maximum atomic E-state index is 11.1. The van der Waals surface area contributed by atoms with E-state index in [2.05, 4.69) is 10.1 Å². The predicted molar refractivity (Wildman–Crippen MR) is 48.2 cm³/mol. The maximum absolute atomic E-state index is 11.1. The highest BCUT2D eigenvalue weighted by molar-refractivity contribution is 5.72. The average Bonchev–Trinajstić information content (AvgIpc) is 2.18. The fourth-order valence-electron chi connectivity index (χ4n) is 1.69. The zero-order valence-electron chi connectivity index (χ0n) is 7.95. The van der Waals surface area contributed by atoms with E-state index in [1.807, 2.05) is 0 Å². The summed E-state index contributed by atoms with van der Waals surface area (Å²) in [6, 6.07) is 0.367. The fraction of sp³-hybridized carbons (Fsp3) is 0.889. The minimum atomic E-state index is -0.130. The highest BCUT2D eigenvalue weighted by atomic mass is 16.5. The Morgan fingerprint density at radius 1 is 1.62 bits per heavy atom. The van der Waals surface area contributed by atoms with Crippen molar-refractivity contribution in [3.05, 3.63) is 0 Å². The van der Waals surface area contributed by atoms with Gasteiger partial charge < -0.3 is 15.2 Å². The summed E-state index contributed by atoms with van der Waals surface area (Å²) in [6.45, 7) is 0.887. The molecular weight excluding hydrogens is 170 g/mol. The van der Waals surface area contributed by atoms with E-state index < -0.39 is 0 Å². The Kier molecular flexibility index (Phi) is 4.18. The molecule has 0 aliphatic carbocycles. The van der Waals surface area contributed by atoms with Crippen molar-refractivity contribution in [2.45, 2.75) is 25.3 Å². The van der Waals surface area contributed by atoms with Crippen LogP contribution < -0.4 is 5.32 Å². The van der Waals surface area contributed by atoms with E-state index in [9.17, 15) is 4.79 Å². The smallest absolute Gasteiger partial charge is 0.309 e. The lowest BCUT2D eigenvalue weighted by molar-refractivity contribution is -0.146. The Morgan fingerprint density at radius 2 is 2.38 bits per heavy atom. The van der Waals surface area contributed by atoms with Crippen molar-refractivity contribution in [1.29, 1.82) is 0 Å². The van der Waals surface area contributed by atoms with Gasteiger partial charge in [-0.3, -0.25) is 4.79 Å². The lowest BCUT2D eigenvalue weighted by atomic mass is 9.93. The normalized spacial score (nSPS) is 28.5. The number of esters is 1. The van der Waals surface area contributed by atoms with Gasteiger partial charge in [-0.2, -0.15) is 0 Å². The number of rotatable bonds is 3. The van der Waals surface area contributed by atoms with Gasteiger partial charge in [0.25, 0.3) is 0 Å². The van der Waals surface area contributed by atoms with E-state index in [1.165, 1.54) is 7.11 Å². The van der Waals surface area contributed by atoms with Crippen LogP contribution in [-0.4, -0.2) is 37.4 Å². The van der Waals surface area contributed by atoms with Gasteiger partial charge in [-0.25, -0.2) is 0 Å². The predicted octanol–water partition coefficient (Wildman–Crippen LogP) is -0.0900. The van der Waals surface area contributed by atoms with Crippen LogP contribution in [0.25, 0.3) is 0 Å². The molecule has 1 aliphatic heterocycles. The summed E-state index contributed by atoms with van der Waals surface area (Å²) in [4.78, 5) is 11.1. The van der Waals surface area contributed by atoms with Gasteiger partial charge in [0.2, 0.25) is 0 Å². The number of carbonyl (C=O) groups excluding carboxylic acids is 1. The molecule has 13 heavy (non-hydrogen) atoms. The van der Waals surface area contributed by atoms with Crippen molar-refractivity contribution in [3.63, 3.8) is 0 Å². The Bertz CT molecular complexity index is 164. The van der Waals surface area contributed by atoms with Gasteiger partial charge >= 0.3 is 5.97 Å². The van der Waals surface area contributed by atoms with Crippen molar-refractivity contribution in [3.8, 4) is 0 Å². The molecule has 0 aromatic rings. The number of aliphatic hydroxyl groups is 1. The second kappa shape index (κ2) is 5.19. The molecule has 0 saturated carbocycles. The summed E-state index contributed by atoms with van der Waals surface area (Å²) in [5.41, 5.74) is 0. The zero-order chi connectivity index (χ0) is 9.68. The van der Waals surface area contributed by atoms with Crippen LogP contribution in [0.2, 0.25) is 0 Å². The van der Waals surface area contributed by atoms with Gasteiger partial charge in [0.15, 0.2) is 0 Å². The Morgan fingerprint density at radius 3 is 2.85 bits per heavy atom. The van der Waals surface area contributed by atoms with E-state index >= 15 is 0 Å². The highest BCUT2D eigenvalue weighted by Crippen LogP contribution is 2.16. The molecule has 0 radical (unpaired) electrons. The number of aliphatic hydroxyl groups excluding tert-OH is 1. The number of nitrogens with one attached hydrogen (secondary N) is 1. The minimum absolute atomic E-state index is 0.0000529. The number of hydrogen-bond acceptors (Lipinski definition) is 4. The minimum Gasteiger partial charge on any atom is -0.469 e. The summed E-state index contributed by atoms with van der Waals surface area (Å²) in [5.74, 6) is -0.130. The lowest BCUT2D eigenvalue weighted by Crippen LogP contribution is -2.42. The second-order valence-electron chi connectivity index (χ2n) is 3.41. The summed E-state index contributed by atoms with van der Waals surface area (Å²) in [5, 5.41) is 11.9. The molecule has 4 heteroatoms. The van der Waals surface area contributed by atoms with Crippen LogP contribution in [-0.2, 0) is 9.53 Å². The van der Waals surface area contributed by atoms with E-state index in [1.54, 1.807) is 0 Å². The van der Waals surface area contributed by atoms with Crippen LogP contribution >= 0.6 is 0 Å². The standard InChI is InChI=1S/C9H17NO3/c1-13-9(12)7-2-3-8(4-5-11)10-6-7/h7-8,10-11H,2-6H2,1H3/t7-,8+/m0/s1. The van der Waals surface area contributed by atoms with Crippen LogP contribution in [0.3, 0.4) is 0 Å². The Labute approximate surface area is 78.3 Å². The third-order valence-corrected chi connectivity index (χ3v) is 2.53. The first kappa shape index (κ1) is 10.5. The SMILES string of the molecule is COC(=O)[C@H]1CC[C@H](CCO)NC1. The molecule has 1 rings (SSSR count). The summed E-state index contributed by atoms with van der Waals surface area (Å²) in [6.07, 6.45) is 2.58. The van der Waals surface area contributed by atoms with Crippen molar-refractivity contribution in [2.24, 2.45) is 5.92 Å². The molecule has 2 N–H and O–H groups in total. The molecule has 0 spiro atoms. The molecule has 0 aromatic heterocycles. The first-order chi connectivity index (χ1) is 6.27. The Balaban J connectivity index is 2.26. The molecule has 1 fully saturated rings. The molecule has 0 aromatic carbocycles. The zero-order valence-corrected chi connectivity index (χ0v) is 7.95. The molecule has 1 heterocycles.